The highest BCUT2D eigenvalue weighted by Gasteiger charge is 3.17. The number of halogens is 26. The van der Waals surface area contributed by atoms with Gasteiger partial charge in [0.2, 0.25) is 0 Å². The summed E-state index contributed by atoms with van der Waals surface area (Å²) >= 11 is 0. The minimum absolute atomic E-state index is 8.79. The van der Waals surface area contributed by atoms with Crippen molar-refractivity contribution in [1.29, 1.82) is 0 Å². The normalized spacial score (nSPS) is 38.0. The molecule has 2 fully saturated rings. The first-order valence-electron chi connectivity index (χ1n) is 8.66. The molecule has 0 N–H and O–H groups in total. The lowest BCUT2D eigenvalue weighted by molar-refractivity contribution is -0.567. The molecule has 0 radical (unpaired) electrons. The summed E-state index contributed by atoms with van der Waals surface area (Å²) in [5.41, 5.74) is -38.9. The summed E-state index contributed by atoms with van der Waals surface area (Å²) in [5, 5.41) is 0. The molecule has 0 aromatic heterocycles. The second kappa shape index (κ2) is 7.21. The van der Waals surface area contributed by atoms with E-state index in [0.29, 0.717) is 0 Å². The molecule has 0 nitrogen and oxygen atoms in total. The molecule has 2 saturated carbocycles. The van der Waals surface area contributed by atoms with Crippen molar-refractivity contribution in [2.45, 2.75) is 82.4 Å². The second-order valence-electron chi connectivity index (χ2n) is 8.22. The molecule has 40 heavy (non-hydrogen) atoms. The third kappa shape index (κ3) is 2.52. The van der Waals surface area contributed by atoms with Crippen molar-refractivity contribution in [3.8, 4) is 0 Å². The summed E-state index contributed by atoms with van der Waals surface area (Å²) in [6.45, 7) is 0. The molecule has 2 rings (SSSR count). The van der Waals surface area contributed by atoms with Crippen LogP contribution in [0.4, 0.5) is 114 Å². The van der Waals surface area contributed by atoms with Crippen LogP contribution in [0.25, 0.3) is 0 Å². The number of fused-ring (bicyclic) bond motifs is 1. The standard InChI is InChI=1S/C14F26/c15-1-2(16,9(27,28)12(33,34)11(31,32)8(1,25)26)7(23,24)10(29,30)3(17,5(1,19)20)6(21,22)4(18,13(35,36)37)14(38,39)40. The van der Waals surface area contributed by atoms with Crippen LogP contribution in [0.5, 0.6) is 0 Å². The van der Waals surface area contributed by atoms with E-state index in [-0.39, 0.29) is 0 Å². The summed E-state index contributed by atoms with van der Waals surface area (Å²) in [4.78, 5) is 0. The first kappa shape index (κ1) is 34.4. The molecule has 0 amide bonds. The summed E-state index contributed by atoms with van der Waals surface area (Å²) in [7, 11) is 0. The van der Waals surface area contributed by atoms with Gasteiger partial charge in [-0.3, -0.25) is 0 Å². The largest absolute Gasteiger partial charge is 0.437 e. The lowest BCUT2D eigenvalue weighted by Gasteiger charge is -2.65. The Kier molecular flexibility index (Phi) is 6.19. The Labute approximate surface area is 198 Å². The molecule has 2 aliphatic rings. The smallest absolute Gasteiger partial charge is 0.226 e. The molecular weight excluding hydrogens is 662 g/mol. The van der Waals surface area contributed by atoms with Crippen LogP contribution >= 0.6 is 0 Å². The summed E-state index contributed by atoms with van der Waals surface area (Å²) in [5.74, 6) is -75.5. The van der Waals surface area contributed by atoms with E-state index in [0.717, 1.165) is 0 Å². The average molecular weight is 662 g/mol. The Bertz CT molecular complexity index is 1040. The van der Waals surface area contributed by atoms with Crippen molar-refractivity contribution in [2.75, 3.05) is 0 Å². The van der Waals surface area contributed by atoms with Gasteiger partial charge in [0.15, 0.2) is 0 Å². The van der Waals surface area contributed by atoms with Gasteiger partial charge < -0.3 is 0 Å². The van der Waals surface area contributed by atoms with Crippen LogP contribution in [-0.2, 0) is 0 Å². The van der Waals surface area contributed by atoms with Gasteiger partial charge >= 0.3 is 71.1 Å². The minimum atomic E-state index is -10.1. The molecule has 3 unspecified atom stereocenters. The van der Waals surface area contributed by atoms with Crippen LogP contribution in [0, 0.1) is 0 Å². The van der Waals surface area contributed by atoms with Crippen molar-refractivity contribution >= 4 is 0 Å². The highest BCUT2D eigenvalue weighted by Crippen LogP contribution is 2.83. The van der Waals surface area contributed by atoms with E-state index < -0.39 is 82.4 Å². The van der Waals surface area contributed by atoms with Crippen LogP contribution in [0.15, 0.2) is 0 Å². The van der Waals surface area contributed by atoms with E-state index in [1.54, 1.807) is 0 Å². The average Bonchev–Trinajstić information content (AvgIpc) is 2.71. The lowest BCUT2D eigenvalue weighted by Crippen LogP contribution is -3.01. The van der Waals surface area contributed by atoms with Gasteiger partial charge in [0.05, 0.1) is 0 Å². The number of hydrogen-bond acceptors (Lipinski definition) is 0. The van der Waals surface area contributed by atoms with Crippen molar-refractivity contribution in [3.05, 3.63) is 0 Å². The minimum Gasteiger partial charge on any atom is -0.226 e. The quantitative estimate of drug-likeness (QED) is 0.263. The SMILES string of the molecule is FC(F)(F)C(F)(C(F)(F)F)C(F)(F)C1(F)C(F)(F)C(F)(F)C2(F)C(F)(F)C(F)(F)C(F)(F)C(F)(F)C2(F)C1(F)F. The molecule has 0 aromatic carbocycles. The van der Waals surface area contributed by atoms with Crippen molar-refractivity contribution in [1.82, 2.24) is 0 Å². The molecule has 2 aliphatic carbocycles. The van der Waals surface area contributed by atoms with Crippen LogP contribution in [0.3, 0.4) is 0 Å². The Morgan fingerprint density at radius 1 is 0.275 bits per heavy atom. The summed E-state index contributed by atoms with van der Waals surface area (Å²) < 4.78 is 358. The Hall–Kier alpha value is -1.82. The number of alkyl halides is 26. The Morgan fingerprint density at radius 3 is 0.750 bits per heavy atom. The molecular formula is C14F26. The predicted molar refractivity (Wildman–Crippen MR) is 67.0 cm³/mol. The second-order valence-corrected chi connectivity index (χ2v) is 8.22. The maximum absolute atomic E-state index is 14.9. The molecule has 0 bridgehead atoms. The van der Waals surface area contributed by atoms with Gasteiger partial charge in [0, 0.05) is 0 Å². The van der Waals surface area contributed by atoms with Gasteiger partial charge in [-0.25, -0.2) is 17.6 Å². The van der Waals surface area contributed by atoms with Gasteiger partial charge in [0.1, 0.15) is 0 Å². The fraction of sp³-hybridized carbons (Fsp3) is 1.00. The third-order valence-electron chi connectivity index (χ3n) is 6.29. The van der Waals surface area contributed by atoms with Gasteiger partial charge in [-0.15, -0.1) is 0 Å². The molecule has 238 valence electrons. The van der Waals surface area contributed by atoms with Crippen molar-refractivity contribution in [2.24, 2.45) is 0 Å². The van der Waals surface area contributed by atoms with E-state index in [4.69, 9.17) is 0 Å². The fourth-order valence-electron chi connectivity index (χ4n) is 4.10. The molecule has 3 atom stereocenters. The lowest BCUT2D eigenvalue weighted by atomic mass is 9.50. The molecule has 26 heteroatoms. The molecule has 0 spiro atoms. The van der Waals surface area contributed by atoms with E-state index in [2.05, 4.69) is 0 Å². The monoisotopic (exact) mass is 662 g/mol. The first-order chi connectivity index (χ1) is 16.8. The fourth-order valence-corrected chi connectivity index (χ4v) is 4.10. The highest BCUT2D eigenvalue weighted by atomic mass is 19.4. The predicted octanol–water partition coefficient (Wildman–Crippen LogP) is 8.05. The molecule has 0 saturated heterocycles. The Morgan fingerprint density at radius 2 is 0.500 bits per heavy atom. The van der Waals surface area contributed by atoms with Crippen molar-refractivity contribution in [3.63, 3.8) is 0 Å². The van der Waals surface area contributed by atoms with Gasteiger partial charge in [-0.05, 0) is 0 Å². The van der Waals surface area contributed by atoms with Crippen LogP contribution in [-0.4, -0.2) is 82.4 Å². The van der Waals surface area contributed by atoms with Gasteiger partial charge in [0.25, 0.3) is 11.3 Å². The van der Waals surface area contributed by atoms with Crippen LogP contribution < -0.4 is 0 Å². The molecule has 0 heterocycles. The summed E-state index contributed by atoms with van der Waals surface area (Å²) in [6, 6.07) is 0. The third-order valence-corrected chi connectivity index (χ3v) is 6.29. The zero-order valence-corrected chi connectivity index (χ0v) is 16.8. The van der Waals surface area contributed by atoms with E-state index in [9.17, 15) is 114 Å². The van der Waals surface area contributed by atoms with Gasteiger partial charge in [-0.1, -0.05) is 0 Å². The first-order valence-corrected chi connectivity index (χ1v) is 8.66. The van der Waals surface area contributed by atoms with E-state index in [1.165, 1.54) is 0 Å². The molecule has 0 aliphatic heterocycles. The zero-order valence-electron chi connectivity index (χ0n) is 16.8. The maximum atomic E-state index is 14.9. The Balaban J connectivity index is 3.40. The molecule has 0 aromatic rings. The maximum Gasteiger partial charge on any atom is 0.437 e. The zero-order chi connectivity index (χ0) is 33.0. The summed E-state index contributed by atoms with van der Waals surface area (Å²) in [6.07, 6.45) is -17.8. The van der Waals surface area contributed by atoms with E-state index >= 15 is 0 Å². The van der Waals surface area contributed by atoms with Gasteiger partial charge in [-0.2, -0.15) is 96.6 Å². The van der Waals surface area contributed by atoms with Crippen LogP contribution in [0.1, 0.15) is 0 Å². The highest BCUT2D eigenvalue weighted by molar-refractivity contribution is 5.46. The van der Waals surface area contributed by atoms with Crippen molar-refractivity contribution < 1.29 is 114 Å². The topological polar surface area (TPSA) is 0 Å². The van der Waals surface area contributed by atoms with Crippen LogP contribution in [0.2, 0.25) is 0 Å². The number of hydrogen-bond donors (Lipinski definition) is 0. The number of rotatable bonds is 2. The van der Waals surface area contributed by atoms with E-state index in [1.807, 2.05) is 0 Å².